The fourth-order valence-electron chi connectivity index (χ4n) is 1.52. The van der Waals surface area contributed by atoms with Crippen LogP contribution in [0, 0.1) is 5.92 Å². The molecule has 0 aliphatic rings. The SMILES string of the molecule is CC(C)CCCC(=O)c1cc(Br)ccc1Cl. The average Bonchev–Trinajstić information content (AvgIpc) is 2.21. The molecule has 88 valence electrons. The van der Waals surface area contributed by atoms with Crippen molar-refractivity contribution in [3.63, 3.8) is 0 Å². The Morgan fingerprint density at radius 3 is 2.75 bits per heavy atom. The van der Waals surface area contributed by atoms with E-state index in [0.29, 0.717) is 22.9 Å². The van der Waals surface area contributed by atoms with Gasteiger partial charge in [-0.05, 0) is 30.5 Å². The number of carbonyl (C=O) groups is 1. The standard InChI is InChI=1S/C13H16BrClO/c1-9(2)4-3-5-13(16)11-8-10(14)6-7-12(11)15/h6-9H,3-5H2,1-2H3. The van der Waals surface area contributed by atoms with Gasteiger partial charge in [0.15, 0.2) is 5.78 Å². The van der Waals surface area contributed by atoms with E-state index in [1.165, 1.54) is 0 Å². The second-order valence-electron chi connectivity index (χ2n) is 4.33. The minimum atomic E-state index is 0.131. The summed E-state index contributed by atoms with van der Waals surface area (Å²) in [4.78, 5) is 11.9. The predicted molar refractivity (Wildman–Crippen MR) is 72.2 cm³/mol. The summed E-state index contributed by atoms with van der Waals surface area (Å²) in [6, 6.07) is 5.38. The molecule has 0 spiro atoms. The smallest absolute Gasteiger partial charge is 0.164 e. The van der Waals surface area contributed by atoms with Crippen molar-refractivity contribution in [2.45, 2.75) is 33.1 Å². The van der Waals surface area contributed by atoms with Crippen molar-refractivity contribution in [2.24, 2.45) is 5.92 Å². The third-order valence-corrected chi connectivity index (χ3v) is 3.24. The van der Waals surface area contributed by atoms with Gasteiger partial charge in [0.1, 0.15) is 0 Å². The van der Waals surface area contributed by atoms with Crippen LogP contribution in [0.5, 0.6) is 0 Å². The van der Waals surface area contributed by atoms with Crippen LogP contribution in [-0.2, 0) is 0 Å². The molecule has 0 unspecified atom stereocenters. The van der Waals surface area contributed by atoms with E-state index in [-0.39, 0.29) is 5.78 Å². The second kappa shape index (κ2) is 6.41. The predicted octanol–water partition coefficient (Wildman–Crippen LogP) is 5.11. The molecule has 0 N–H and O–H groups in total. The van der Waals surface area contributed by atoms with Gasteiger partial charge in [0.25, 0.3) is 0 Å². The van der Waals surface area contributed by atoms with Crippen LogP contribution in [0.1, 0.15) is 43.5 Å². The highest BCUT2D eigenvalue weighted by atomic mass is 79.9. The van der Waals surface area contributed by atoms with Crippen LogP contribution in [0.4, 0.5) is 0 Å². The van der Waals surface area contributed by atoms with E-state index in [1.807, 2.05) is 6.07 Å². The third-order valence-electron chi connectivity index (χ3n) is 2.41. The molecule has 0 fully saturated rings. The Morgan fingerprint density at radius 2 is 2.12 bits per heavy atom. The van der Waals surface area contributed by atoms with Gasteiger partial charge in [-0.3, -0.25) is 4.79 Å². The number of halogens is 2. The number of Topliss-reactive ketones (excluding diaryl/α,β-unsaturated/α-hetero) is 1. The quantitative estimate of drug-likeness (QED) is 0.691. The van der Waals surface area contributed by atoms with Crippen LogP contribution in [-0.4, -0.2) is 5.78 Å². The normalized spacial score (nSPS) is 10.8. The van der Waals surface area contributed by atoms with Gasteiger partial charge in [-0.15, -0.1) is 0 Å². The Balaban J connectivity index is 2.62. The highest BCUT2D eigenvalue weighted by molar-refractivity contribution is 9.10. The molecule has 0 atom stereocenters. The highest BCUT2D eigenvalue weighted by Gasteiger charge is 2.10. The molecule has 0 radical (unpaired) electrons. The van der Waals surface area contributed by atoms with Crippen molar-refractivity contribution in [3.05, 3.63) is 33.3 Å². The Labute approximate surface area is 110 Å². The monoisotopic (exact) mass is 302 g/mol. The molecule has 1 rings (SSSR count). The second-order valence-corrected chi connectivity index (χ2v) is 5.66. The fourth-order valence-corrected chi connectivity index (χ4v) is 2.10. The summed E-state index contributed by atoms with van der Waals surface area (Å²) < 4.78 is 0.893. The van der Waals surface area contributed by atoms with Crippen LogP contribution < -0.4 is 0 Å². The van der Waals surface area contributed by atoms with Crippen LogP contribution >= 0.6 is 27.5 Å². The van der Waals surface area contributed by atoms with E-state index in [0.717, 1.165) is 17.3 Å². The molecule has 0 saturated carbocycles. The summed E-state index contributed by atoms with van der Waals surface area (Å²) in [5.74, 6) is 0.776. The molecule has 0 saturated heterocycles. The first-order valence-corrected chi connectivity index (χ1v) is 6.66. The number of hydrogen-bond donors (Lipinski definition) is 0. The molecule has 1 aromatic carbocycles. The maximum Gasteiger partial charge on any atom is 0.164 e. The summed E-state index contributed by atoms with van der Waals surface area (Å²) in [5.41, 5.74) is 0.625. The van der Waals surface area contributed by atoms with E-state index < -0.39 is 0 Å². The number of ketones is 1. The molecule has 0 amide bonds. The zero-order valence-electron chi connectivity index (χ0n) is 9.59. The Kier molecular flexibility index (Phi) is 5.50. The first-order chi connectivity index (χ1) is 7.50. The first kappa shape index (κ1) is 13.7. The summed E-state index contributed by atoms with van der Waals surface area (Å²) in [5, 5.41) is 0.540. The average molecular weight is 304 g/mol. The van der Waals surface area contributed by atoms with E-state index in [1.54, 1.807) is 12.1 Å². The lowest BCUT2D eigenvalue weighted by Crippen LogP contribution is -2.01. The van der Waals surface area contributed by atoms with Crippen LogP contribution in [0.25, 0.3) is 0 Å². The molecule has 0 bridgehead atoms. The Bertz CT molecular complexity index is 374. The first-order valence-electron chi connectivity index (χ1n) is 5.49. The maximum atomic E-state index is 11.9. The Morgan fingerprint density at radius 1 is 1.44 bits per heavy atom. The molecule has 0 aromatic heterocycles. The minimum absolute atomic E-state index is 0.131. The van der Waals surface area contributed by atoms with Crippen LogP contribution in [0.3, 0.4) is 0 Å². The van der Waals surface area contributed by atoms with Gasteiger partial charge < -0.3 is 0 Å². The minimum Gasteiger partial charge on any atom is -0.294 e. The van der Waals surface area contributed by atoms with Crippen molar-refractivity contribution in [1.29, 1.82) is 0 Å². The lowest BCUT2D eigenvalue weighted by molar-refractivity contribution is 0.0978. The molecule has 3 heteroatoms. The third kappa shape index (κ3) is 4.26. The molecular formula is C13H16BrClO. The van der Waals surface area contributed by atoms with Crippen molar-refractivity contribution >= 4 is 33.3 Å². The van der Waals surface area contributed by atoms with E-state index in [2.05, 4.69) is 29.8 Å². The molecule has 0 aliphatic heterocycles. The van der Waals surface area contributed by atoms with Gasteiger partial charge in [0, 0.05) is 16.5 Å². The van der Waals surface area contributed by atoms with Crippen molar-refractivity contribution in [1.82, 2.24) is 0 Å². The number of benzene rings is 1. The topological polar surface area (TPSA) is 17.1 Å². The van der Waals surface area contributed by atoms with Crippen molar-refractivity contribution in [3.8, 4) is 0 Å². The molecule has 16 heavy (non-hydrogen) atoms. The van der Waals surface area contributed by atoms with Crippen LogP contribution in [0.15, 0.2) is 22.7 Å². The molecular weight excluding hydrogens is 287 g/mol. The van der Waals surface area contributed by atoms with Crippen LogP contribution in [0.2, 0.25) is 5.02 Å². The lowest BCUT2D eigenvalue weighted by Gasteiger charge is -2.06. The Hall–Kier alpha value is -0.340. The molecule has 0 aliphatic carbocycles. The zero-order chi connectivity index (χ0) is 12.1. The zero-order valence-corrected chi connectivity index (χ0v) is 11.9. The van der Waals surface area contributed by atoms with Gasteiger partial charge in [-0.2, -0.15) is 0 Å². The van der Waals surface area contributed by atoms with Gasteiger partial charge in [-0.25, -0.2) is 0 Å². The number of hydrogen-bond acceptors (Lipinski definition) is 1. The highest BCUT2D eigenvalue weighted by Crippen LogP contribution is 2.23. The molecule has 1 nitrogen and oxygen atoms in total. The lowest BCUT2D eigenvalue weighted by atomic mass is 10.0. The van der Waals surface area contributed by atoms with Gasteiger partial charge in [0.05, 0.1) is 5.02 Å². The summed E-state index contributed by atoms with van der Waals surface area (Å²) in [6.45, 7) is 4.33. The number of carbonyl (C=O) groups excluding carboxylic acids is 1. The van der Waals surface area contributed by atoms with E-state index >= 15 is 0 Å². The van der Waals surface area contributed by atoms with E-state index in [9.17, 15) is 4.79 Å². The van der Waals surface area contributed by atoms with Crippen molar-refractivity contribution < 1.29 is 4.79 Å². The van der Waals surface area contributed by atoms with Gasteiger partial charge >= 0.3 is 0 Å². The van der Waals surface area contributed by atoms with E-state index in [4.69, 9.17) is 11.6 Å². The summed E-state index contributed by atoms with van der Waals surface area (Å²) >= 11 is 9.34. The van der Waals surface area contributed by atoms with Gasteiger partial charge in [0.2, 0.25) is 0 Å². The maximum absolute atomic E-state index is 11.9. The number of rotatable bonds is 5. The summed E-state index contributed by atoms with van der Waals surface area (Å²) in [6.07, 6.45) is 2.59. The fraction of sp³-hybridized carbons (Fsp3) is 0.462. The van der Waals surface area contributed by atoms with Gasteiger partial charge in [-0.1, -0.05) is 47.8 Å². The molecule has 1 aromatic rings. The summed E-state index contributed by atoms with van der Waals surface area (Å²) in [7, 11) is 0. The van der Waals surface area contributed by atoms with Crippen molar-refractivity contribution in [2.75, 3.05) is 0 Å². The largest absolute Gasteiger partial charge is 0.294 e. The molecule has 0 heterocycles.